The zero-order valence-corrected chi connectivity index (χ0v) is 14.5. The third-order valence-corrected chi connectivity index (χ3v) is 4.30. The Morgan fingerprint density at radius 1 is 1.20 bits per heavy atom. The van der Waals surface area contributed by atoms with Crippen LogP contribution in [0.25, 0.3) is 0 Å². The van der Waals surface area contributed by atoms with E-state index in [1.165, 1.54) is 58.3 Å². The van der Waals surface area contributed by atoms with Crippen LogP contribution in [0.1, 0.15) is 59.8 Å². The number of likely N-dealkylation sites (tertiary alicyclic amines) is 1. The largest absolute Gasteiger partial charge is 0.312 e. The third-order valence-electron chi connectivity index (χ3n) is 4.30. The molecule has 0 saturated carbocycles. The summed E-state index contributed by atoms with van der Waals surface area (Å²) in [5.41, 5.74) is 0.267. The number of nitrogens with one attached hydrogen (secondary N) is 1. The molecule has 1 heterocycles. The van der Waals surface area contributed by atoms with E-state index in [0.29, 0.717) is 0 Å². The summed E-state index contributed by atoms with van der Waals surface area (Å²) in [7, 11) is 2.29. The summed E-state index contributed by atoms with van der Waals surface area (Å²) in [6.45, 7) is 15.2. The molecule has 0 amide bonds. The van der Waals surface area contributed by atoms with E-state index in [1.54, 1.807) is 0 Å². The quantitative estimate of drug-likeness (QED) is 0.656. The zero-order valence-electron chi connectivity index (χ0n) is 14.5. The second kappa shape index (κ2) is 9.01. The van der Waals surface area contributed by atoms with Crippen LogP contribution in [0.15, 0.2) is 0 Å². The lowest BCUT2D eigenvalue weighted by Gasteiger charge is -2.27. The minimum absolute atomic E-state index is 0.267. The molecule has 1 N–H and O–H groups in total. The lowest BCUT2D eigenvalue weighted by atomic mass is 10.1. The van der Waals surface area contributed by atoms with Crippen molar-refractivity contribution in [2.45, 2.75) is 71.4 Å². The standard InChI is InChI=1S/C17H37N3/c1-6-20-14-10-11-16(20)15-19(5)13-9-7-8-12-18-17(2,3)4/h16,18H,6-15H2,1-5H3. The maximum Gasteiger partial charge on any atom is 0.0223 e. The Balaban J connectivity index is 2.01. The van der Waals surface area contributed by atoms with Crippen LogP contribution in [-0.4, -0.2) is 61.2 Å². The molecule has 20 heavy (non-hydrogen) atoms. The molecule has 1 saturated heterocycles. The lowest BCUT2D eigenvalue weighted by Crippen LogP contribution is -2.39. The molecule has 3 nitrogen and oxygen atoms in total. The van der Waals surface area contributed by atoms with E-state index in [9.17, 15) is 0 Å². The van der Waals surface area contributed by atoms with E-state index in [4.69, 9.17) is 0 Å². The van der Waals surface area contributed by atoms with Crippen molar-refractivity contribution in [3.8, 4) is 0 Å². The molecule has 0 aliphatic carbocycles. The van der Waals surface area contributed by atoms with Gasteiger partial charge in [-0.15, -0.1) is 0 Å². The van der Waals surface area contributed by atoms with Gasteiger partial charge in [0.2, 0.25) is 0 Å². The van der Waals surface area contributed by atoms with E-state index in [1.807, 2.05) is 0 Å². The van der Waals surface area contributed by atoms with Crippen LogP contribution >= 0.6 is 0 Å². The molecule has 0 aromatic carbocycles. The highest BCUT2D eigenvalue weighted by Crippen LogP contribution is 2.17. The first-order valence-corrected chi connectivity index (χ1v) is 8.60. The van der Waals surface area contributed by atoms with E-state index in [-0.39, 0.29) is 5.54 Å². The molecule has 3 heteroatoms. The van der Waals surface area contributed by atoms with Crippen molar-refractivity contribution in [2.75, 3.05) is 39.8 Å². The average Bonchev–Trinajstić information content (AvgIpc) is 2.79. The second-order valence-corrected chi connectivity index (χ2v) is 7.42. The SMILES string of the molecule is CCN1CCCC1CN(C)CCCCCNC(C)(C)C. The molecule has 1 fully saturated rings. The average molecular weight is 284 g/mol. The minimum Gasteiger partial charge on any atom is -0.312 e. The molecule has 0 aromatic heterocycles. The lowest BCUT2D eigenvalue weighted by molar-refractivity contribution is 0.196. The Hall–Kier alpha value is -0.120. The van der Waals surface area contributed by atoms with Crippen molar-refractivity contribution >= 4 is 0 Å². The van der Waals surface area contributed by atoms with Crippen molar-refractivity contribution in [3.63, 3.8) is 0 Å². The normalized spacial score (nSPS) is 21.0. The van der Waals surface area contributed by atoms with E-state index in [0.717, 1.165) is 12.6 Å². The zero-order chi connectivity index (χ0) is 15.0. The molecule has 120 valence electrons. The summed E-state index contributed by atoms with van der Waals surface area (Å²) in [4.78, 5) is 5.18. The van der Waals surface area contributed by atoms with Crippen LogP contribution in [-0.2, 0) is 0 Å². The van der Waals surface area contributed by atoms with Gasteiger partial charge in [0.05, 0.1) is 0 Å². The van der Waals surface area contributed by atoms with Gasteiger partial charge in [0.15, 0.2) is 0 Å². The fourth-order valence-corrected chi connectivity index (χ4v) is 3.12. The van der Waals surface area contributed by atoms with Gasteiger partial charge in [0, 0.05) is 18.1 Å². The highest BCUT2D eigenvalue weighted by atomic mass is 15.2. The summed E-state index contributed by atoms with van der Waals surface area (Å²) in [6, 6.07) is 0.813. The van der Waals surface area contributed by atoms with Crippen molar-refractivity contribution in [2.24, 2.45) is 0 Å². The van der Waals surface area contributed by atoms with Gasteiger partial charge in [0.1, 0.15) is 0 Å². The molecule has 1 rings (SSSR count). The Kier molecular flexibility index (Phi) is 8.08. The van der Waals surface area contributed by atoms with Crippen LogP contribution in [0.2, 0.25) is 0 Å². The molecule has 1 aliphatic rings. The maximum atomic E-state index is 3.56. The maximum absolute atomic E-state index is 3.56. The molecule has 0 radical (unpaired) electrons. The molecule has 1 atom stereocenters. The van der Waals surface area contributed by atoms with Crippen LogP contribution in [0.5, 0.6) is 0 Å². The summed E-state index contributed by atoms with van der Waals surface area (Å²) < 4.78 is 0. The summed E-state index contributed by atoms with van der Waals surface area (Å²) in [6.07, 6.45) is 6.77. The van der Waals surface area contributed by atoms with Crippen molar-refractivity contribution in [1.82, 2.24) is 15.1 Å². The topological polar surface area (TPSA) is 18.5 Å². The predicted molar refractivity (Wildman–Crippen MR) is 89.4 cm³/mol. The molecular weight excluding hydrogens is 246 g/mol. The number of hydrogen-bond donors (Lipinski definition) is 1. The molecule has 1 unspecified atom stereocenters. The van der Waals surface area contributed by atoms with E-state index < -0.39 is 0 Å². The molecule has 0 spiro atoms. The monoisotopic (exact) mass is 283 g/mol. The molecule has 0 bridgehead atoms. The predicted octanol–water partition coefficient (Wildman–Crippen LogP) is 2.96. The van der Waals surface area contributed by atoms with E-state index in [2.05, 4.69) is 49.9 Å². The number of likely N-dealkylation sites (N-methyl/N-ethyl adjacent to an activating group) is 2. The van der Waals surface area contributed by atoms with Gasteiger partial charge < -0.3 is 10.2 Å². The van der Waals surface area contributed by atoms with Gasteiger partial charge in [-0.1, -0.05) is 13.3 Å². The van der Waals surface area contributed by atoms with Crippen LogP contribution < -0.4 is 5.32 Å². The summed E-state index contributed by atoms with van der Waals surface area (Å²) in [5, 5.41) is 3.56. The number of unbranched alkanes of at least 4 members (excludes halogenated alkanes) is 2. The first-order valence-electron chi connectivity index (χ1n) is 8.60. The van der Waals surface area contributed by atoms with Crippen molar-refractivity contribution in [1.29, 1.82) is 0 Å². The van der Waals surface area contributed by atoms with Crippen molar-refractivity contribution < 1.29 is 0 Å². The first kappa shape index (κ1) is 17.9. The summed E-state index contributed by atoms with van der Waals surface area (Å²) in [5.74, 6) is 0. The summed E-state index contributed by atoms with van der Waals surface area (Å²) >= 11 is 0. The minimum atomic E-state index is 0.267. The molecule has 0 aromatic rings. The Morgan fingerprint density at radius 2 is 1.95 bits per heavy atom. The van der Waals surface area contributed by atoms with Crippen LogP contribution in [0, 0.1) is 0 Å². The Bertz CT molecular complexity index is 247. The van der Waals surface area contributed by atoms with Gasteiger partial charge in [-0.25, -0.2) is 0 Å². The van der Waals surface area contributed by atoms with Crippen LogP contribution in [0.4, 0.5) is 0 Å². The number of hydrogen-bond acceptors (Lipinski definition) is 3. The highest BCUT2D eigenvalue weighted by molar-refractivity contribution is 4.80. The van der Waals surface area contributed by atoms with Crippen LogP contribution in [0.3, 0.4) is 0 Å². The van der Waals surface area contributed by atoms with Crippen molar-refractivity contribution in [3.05, 3.63) is 0 Å². The van der Waals surface area contributed by atoms with Gasteiger partial charge >= 0.3 is 0 Å². The highest BCUT2D eigenvalue weighted by Gasteiger charge is 2.23. The van der Waals surface area contributed by atoms with E-state index >= 15 is 0 Å². The fraction of sp³-hybridized carbons (Fsp3) is 1.00. The van der Waals surface area contributed by atoms with Gasteiger partial charge in [-0.2, -0.15) is 0 Å². The third kappa shape index (κ3) is 7.61. The van der Waals surface area contributed by atoms with Gasteiger partial charge in [0.25, 0.3) is 0 Å². The molecule has 1 aliphatic heterocycles. The number of rotatable bonds is 9. The smallest absolute Gasteiger partial charge is 0.0223 e. The fourth-order valence-electron chi connectivity index (χ4n) is 3.12. The second-order valence-electron chi connectivity index (χ2n) is 7.42. The molecular formula is C17H37N3. The number of nitrogens with zero attached hydrogens (tertiary/aromatic N) is 2. The Morgan fingerprint density at radius 3 is 2.60 bits per heavy atom. The Labute approximate surface area is 127 Å². The first-order chi connectivity index (χ1) is 9.42. The van der Waals surface area contributed by atoms with Gasteiger partial charge in [-0.05, 0) is 79.7 Å². The van der Waals surface area contributed by atoms with Gasteiger partial charge in [-0.3, -0.25) is 4.90 Å².